The second-order valence-electron chi connectivity index (χ2n) is 4.80. The molecule has 2 heterocycles. The average Bonchev–Trinajstić information content (AvgIpc) is 2.54. The number of fused-ring (bicyclic) bond motifs is 1. The first kappa shape index (κ1) is 13.3. The van der Waals surface area contributed by atoms with Crippen LogP contribution in [0.15, 0.2) is 49.1 Å². The molecule has 1 aromatic carbocycles. The second-order valence-corrected chi connectivity index (χ2v) is 4.80. The molecule has 0 N–H and O–H groups in total. The Kier molecular flexibility index (Phi) is 3.64. The van der Waals surface area contributed by atoms with E-state index in [1.807, 2.05) is 31.3 Å². The van der Waals surface area contributed by atoms with Gasteiger partial charge >= 0.3 is 0 Å². The number of benzene rings is 1. The zero-order valence-corrected chi connectivity index (χ0v) is 12.0. The molecule has 0 aliphatic carbocycles. The van der Waals surface area contributed by atoms with Gasteiger partial charge in [-0.2, -0.15) is 0 Å². The van der Waals surface area contributed by atoms with E-state index in [1.165, 1.54) is 0 Å². The summed E-state index contributed by atoms with van der Waals surface area (Å²) in [6.07, 6.45) is 5.08. The number of anilines is 1. The molecule has 0 amide bonds. The lowest BCUT2D eigenvalue weighted by molar-refractivity contribution is 0.414. The fourth-order valence-electron chi connectivity index (χ4n) is 2.32. The Morgan fingerprint density at radius 1 is 1.19 bits per heavy atom. The Labute approximate surface area is 123 Å². The SMILES string of the molecule is COc1cccc(CN(C)c2ncnc3cnccc23)c1. The van der Waals surface area contributed by atoms with Crippen LogP contribution in [0.2, 0.25) is 0 Å². The van der Waals surface area contributed by atoms with Crippen LogP contribution in [-0.2, 0) is 6.54 Å². The van der Waals surface area contributed by atoms with Crippen molar-refractivity contribution in [1.29, 1.82) is 0 Å². The molecule has 0 radical (unpaired) electrons. The van der Waals surface area contributed by atoms with Crippen LogP contribution in [0.3, 0.4) is 0 Å². The van der Waals surface area contributed by atoms with Gasteiger partial charge in [-0.15, -0.1) is 0 Å². The summed E-state index contributed by atoms with van der Waals surface area (Å²) in [5, 5.41) is 0.998. The van der Waals surface area contributed by atoms with Crippen molar-refractivity contribution in [3.8, 4) is 5.75 Å². The van der Waals surface area contributed by atoms with Crippen molar-refractivity contribution >= 4 is 16.7 Å². The fourth-order valence-corrected chi connectivity index (χ4v) is 2.32. The molecular formula is C16H16N4O. The topological polar surface area (TPSA) is 51.1 Å². The molecule has 0 atom stereocenters. The number of hydrogen-bond acceptors (Lipinski definition) is 5. The third-order valence-electron chi connectivity index (χ3n) is 3.33. The monoisotopic (exact) mass is 280 g/mol. The highest BCUT2D eigenvalue weighted by atomic mass is 16.5. The van der Waals surface area contributed by atoms with Gasteiger partial charge in [0, 0.05) is 25.2 Å². The lowest BCUT2D eigenvalue weighted by atomic mass is 10.2. The summed E-state index contributed by atoms with van der Waals surface area (Å²) in [7, 11) is 3.69. The van der Waals surface area contributed by atoms with Crippen molar-refractivity contribution in [2.75, 3.05) is 19.1 Å². The Bertz CT molecular complexity index is 755. The summed E-state index contributed by atoms with van der Waals surface area (Å²) in [5.41, 5.74) is 2.01. The van der Waals surface area contributed by atoms with Crippen LogP contribution in [0.4, 0.5) is 5.82 Å². The summed E-state index contributed by atoms with van der Waals surface area (Å²) < 4.78 is 5.26. The molecule has 5 nitrogen and oxygen atoms in total. The van der Waals surface area contributed by atoms with Crippen molar-refractivity contribution in [2.24, 2.45) is 0 Å². The molecule has 0 bridgehead atoms. The van der Waals surface area contributed by atoms with Crippen LogP contribution >= 0.6 is 0 Å². The third kappa shape index (κ3) is 2.76. The van der Waals surface area contributed by atoms with E-state index in [4.69, 9.17) is 4.74 Å². The van der Waals surface area contributed by atoms with E-state index in [-0.39, 0.29) is 0 Å². The van der Waals surface area contributed by atoms with Gasteiger partial charge in [0.1, 0.15) is 17.9 Å². The van der Waals surface area contributed by atoms with E-state index < -0.39 is 0 Å². The Morgan fingerprint density at radius 3 is 2.95 bits per heavy atom. The molecule has 21 heavy (non-hydrogen) atoms. The molecule has 3 rings (SSSR count). The van der Waals surface area contributed by atoms with Crippen LogP contribution in [0.25, 0.3) is 10.9 Å². The number of rotatable bonds is 4. The summed E-state index contributed by atoms with van der Waals surface area (Å²) in [5.74, 6) is 1.75. The molecule has 0 saturated carbocycles. The molecule has 0 aliphatic rings. The summed E-state index contributed by atoms with van der Waals surface area (Å²) in [6.45, 7) is 0.742. The Balaban J connectivity index is 1.91. The van der Waals surface area contributed by atoms with Gasteiger partial charge in [-0.05, 0) is 23.8 Å². The number of methoxy groups -OCH3 is 1. The molecular weight excluding hydrogens is 264 g/mol. The molecule has 0 spiro atoms. The van der Waals surface area contributed by atoms with Crippen LogP contribution in [0.5, 0.6) is 5.75 Å². The van der Waals surface area contributed by atoms with Gasteiger partial charge in [0.25, 0.3) is 0 Å². The zero-order chi connectivity index (χ0) is 14.7. The zero-order valence-electron chi connectivity index (χ0n) is 12.0. The van der Waals surface area contributed by atoms with Crippen LogP contribution in [0, 0.1) is 0 Å². The molecule has 0 aliphatic heterocycles. The first-order valence-corrected chi connectivity index (χ1v) is 6.67. The second kappa shape index (κ2) is 5.75. The number of hydrogen-bond donors (Lipinski definition) is 0. The largest absolute Gasteiger partial charge is 0.497 e. The van der Waals surface area contributed by atoms with E-state index in [9.17, 15) is 0 Å². The maximum atomic E-state index is 5.26. The van der Waals surface area contributed by atoms with E-state index in [2.05, 4.69) is 25.9 Å². The summed E-state index contributed by atoms with van der Waals surface area (Å²) in [6, 6.07) is 9.97. The van der Waals surface area contributed by atoms with Gasteiger partial charge in [-0.1, -0.05) is 12.1 Å². The predicted molar refractivity (Wildman–Crippen MR) is 82.4 cm³/mol. The average molecular weight is 280 g/mol. The van der Waals surface area contributed by atoms with Crippen molar-refractivity contribution in [3.63, 3.8) is 0 Å². The Morgan fingerprint density at radius 2 is 2.10 bits per heavy atom. The fraction of sp³-hybridized carbons (Fsp3) is 0.188. The van der Waals surface area contributed by atoms with E-state index in [0.717, 1.165) is 34.6 Å². The van der Waals surface area contributed by atoms with E-state index in [0.29, 0.717) is 0 Å². The smallest absolute Gasteiger partial charge is 0.140 e. The minimum absolute atomic E-state index is 0.742. The van der Waals surface area contributed by atoms with Gasteiger partial charge in [-0.25, -0.2) is 9.97 Å². The van der Waals surface area contributed by atoms with E-state index in [1.54, 1.807) is 25.8 Å². The molecule has 0 fully saturated rings. The number of nitrogens with zero attached hydrogens (tertiary/aromatic N) is 4. The van der Waals surface area contributed by atoms with E-state index >= 15 is 0 Å². The molecule has 5 heteroatoms. The first-order valence-electron chi connectivity index (χ1n) is 6.67. The molecule has 3 aromatic rings. The third-order valence-corrected chi connectivity index (χ3v) is 3.33. The molecule has 0 unspecified atom stereocenters. The number of ether oxygens (including phenoxy) is 1. The maximum absolute atomic E-state index is 5.26. The van der Waals surface area contributed by atoms with Crippen molar-refractivity contribution in [3.05, 3.63) is 54.6 Å². The summed E-state index contributed by atoms with van der Waals surface area (Å²) >= 11 is 0. The summed E-state index contributed by atoms with van der Waals surface area (Å²) in [4.78, 5) is 14.8. The van der Waals surface area contributed by atoms with Gasteiger partial charge in [-0.3, -0.25) is 4.98 Å². The van der Waals surface area contributed by atoms with Gasteiger partial charge in [0.15, 0.2) is 0 Å². The van der Waals surface area contributed by atoms with Crippen LogP contribution in [-0.4, -0.2) is 29.1 Å². The normalized spacial score (nSPS) is 10.6. The standard InChI is InChI=1S/C16H16N4O/c1-20(10-12-4-3-5-13(8-12)21-2)16-14-6-7-17-9-15(14)18-11-19-16/h3-9,11H,10H2,1-2H3. The lowest BCUT2D eigenvalue weighted by Gasteiger charge is -2.19. The maximum Gasteiger partial charge on any atom is 0.140 e. The quantitative estimate of drug-likeness (QED) is 0.735. The number of aromatic nitrogens is 3. The van der Waals surface area contributed by atoms with Crippen molar-refractivity contribution in [1.82, 2.24) is 15.0 Å². The van der Waals surface area contributed by atoms with Crippen LogP contribution < -0.4 is 9.64 Å². The minimum Gasteiger partial charge on any atom is -0.497 e. The highest BCUT2D eigenvalue weighted by Gasteiger charge is 2.09. The first-order chi connectivity index (χ1) is 10.3. The lowest BCUT2D eigenvalue weighted by Crippen LogP contribution is -2.18. The number of pyridine rings is 1. The molecule has 106 valence electrons. The Hall–Kier alpha value is -2.69. The van der Waals surface area contributed by atoms with Gasteiger partial charge < -0.3 is 9.64 Å². The minimum atomic E-state index is 0.742. The van der Waals surface area contributed by atoms with Gasteiger partial charge in [0.05, 0.1) is 18.8 Å². The van der Waals surface area contributed by atoms with Gasteiger partial charge in [0.2, 0.25) is 0 Å². The predicted octanol–water partition coefficient (Wildman–Crippen LogP) is 2.67. The highest BCUT2D eigenvalue weighted by molar-refractivity contribution is 5.88. The molecule has 2 aromatic heterocycles. The highest BCUT2D eigenvalue weighted by Crippen LogP contribution is 2.23. The molecule has 0 saturated heterocycles. The van der Waals surface area contributed by atoms with Crippen LogP contribution in [0.1, 0.15) is 5.56 Å². The van der Waals surface area contributed by atoms with Crippen molar-refractivity contribution in [2.45, 2.75) is 6.54 Å². The van der Waals surface area contributed by atoms with Crippen molar-refractivity contribution < 1.29 is 4.74 Å².